The molecule has 8 heteroatoms. The van der Waals surface area contributed by atoms with Gasteiger partial charge in [-0.3, -0.25) is 9.59 Å². The number of thiophene rings is 1. The number of amides is 1. The number of aromatic nitrogens is 2. The van der Waals surface area contributed by atoms with E-state index in [1.807, 2.05) is 38.6 Å². The van der Waals surface area contributed by atoms with E-state index in [-0.39, 0.29) is 18.3 Å². The molecule has 0 atom stereocenters. The second kappa shape index (κ2) is 11.4. The summed E-state index contributed by atoms with van der Waals surface area (Å²) in [6.07, 6.45) is 13.4. The van der Waals surface area contributed by atoms with Crippen LogP contribution in [-0.2, 0) is 11.4 Å². The van der Waals surface area contributed by atoms with Gasteiger partial charge in [0.05, 0.1) is 18.5 Å². The standard InChI is InChI=1S/C33H33N3O4S/c1-4-22-9-11-23(12-10-22)26-17-27-30(18-29(26)39-3)40-19-28-31(34-36(32(27)28)25-13-16-41-20-25)33(38)24-7-5-14-35(21(2)37)15-6-8-24/h4,7,9,11-13,16-18,20H,5-6,8,10,14-15,19H2,1-3H3. The third kappa shape index (κ3) is 5.08. The van der Waals surface area contributed by atoms with E-state index < -0.39 is 0 Å². The molecule has 3 aliphatic rings. The number of hydrogen-bond acceptors (Lipinski definition) is 6. The van der Waals surface area contributed by atoms with Crippen LogP contribution in [0.4, 0.5) is 0 Å². The number of methoxy groups -OCH3 is 1. The zero-order valence-corrected chi connectivity index (χ0v) is 24.4. The summed E-state index contributed by atoms with van der Waals surface area (Å²) in [7, 11) is 1.68. The summed E-state index contributed by atoms with van der Waals surface area (Å²) >= 11 is 1.59. The molecule has 0 spiro atoms. The number of nitrogens with zero attached hydrogens (tertiary/aromatic N) is 3. The Bertz CT molecular complexity index is 1640. The highest BCUT2D eigenvalue weighted by Crippen LogP contribution is 2.46. The Morgan fingerprint density at radius 1 is 1.15 bits per heavy atom. The predicted octanol–water partition coefficient (Wildman–Crippen LogP) is 6.93. The average molecular weight is 568 g/mol. The van der Waals surface area contributed by atoms with Crippen molar-refractivity contribution in [3.63, 3.8) is 0 Å². The topological polar surface area (TPSA) is 73.7 Å². The first-order valence-corrected chi connectivity index (χ1v) is 15.0. The molecule has 0 bridgehead atoms. The zero-order chi connectivity index (χ0) is 28.5. The van der Waals surface area contributed by atoms with Gasteiger partial charge in [-0.25, -0.2) is 4.68 Å². The van der Waals surface area contributed by atoms with E-state index in [9.17, 15) is 9.59 Å². The first kappa shape index (κ1) is 27.0. The normalized spacial score (nSPS) is 17.5. The first-order valence-electron chi connectivity index (χ1n) is 14.0. The molecule has 0 radical (unpaired) electrons. The highest BCUT2D eigenvalue weighted by Gasteiger charge is 2.32. The number of rotatable bonds is 5. The molecule has 41 heavy (non-hydrogen) atoms. The fourth-order valence-corrected chi connectivity index (χ4v) is 6.35. The Hall–Kier alpha value is -4.17. The average Bonchev–Trinajstić information content (AvgIpc) is 3.64. The second-order valence-electron chi connectivity index (χ2n) is 10.4. The number of carbonyl (C=O) groups is 2. The van der Waals surface area contributed by atoms with Crippen LogP contribution in [0.25, 0.3) is 22.5 Å². The van der Waals surface area contributed by atoms with E-state index in [0.29, 0.717) is 37.4 Å². The Labute approximate surface area is 244 Å². The number of fused-ring (bicyclic) bond motifs is 3. The SMILES string of the molecule is CC=C1C=CC(c2cc3c(cc2OC)OCc2c(C(=O)C4=CCCN(C(C)=O)CCC4)nn(-c4ccsc4)c2-3)=CC1. The molecule has 210 valence electrons. The molecule has 2 aromatic heterocycles. The number of carbonyl (C=O) groups excluding carboxylic acids is 2. The van der Waals surface area contributed by atoms with Crippen molar-refractivity contribution >= 4 is 28.6 Å². The van der Waals surface area contributed by atoms with Crippen LogP contribution in [0, 0.1) is 0 Å². The quantitative estimate of drug-likeness (QED) is 0.313. The molecule has 0 N–H and O–H groups in total. The van der Waals surface area contributed by atoms with Gasteiger partial charge in [0.25, 0.3) is 0 Å². The summed E-state index contributed by atoms with van der Waals surface area (Å²) in [5, 5.41) is 8.98. The van der Waals surface area contributed by atoms with Crippen LogP contribution in [-0.4, -0.2) is 46.6 Å². The van der Waals surface area contributed by atoms with Gasteiger partial charge in [0.2, 0.25) is 11.7 Å². The summed E-state index contributed by atoms with van der Waals surface area (Å²) in [4.78, 5) is 27.7. The van der Waals surface area contributed by atoms with Crippen molar-refractivity contribution < 1.29 is 19.1 Å². The number of ether oxygens (including phenoxy) is 2. The summed E-state index contributed by atoms with van der Waals surface area (Å²) in [5.41, 5.74) is 7.97. The van der Waals surface area contributed by atoms with Crippen molar-refractivity contribution in [1.29, 1.82) is 0 Å². The van der Waals surface area contributed by atoms with Gasteiger partial charge in [0, 0.05) is 48.2 Å². The third-order valence-electron chi connectivity index (χ3n) is 8.00. The summed E-state index contributed by atoms with van der Waals surface area (Å²) < 4.78 is 14.0. The second-order valence-corrected chi connectivity index (χ2v) is 11.2. The summed E-state index contributed by atoms with van der Waals surface area (Å²) in [5.74, 6) is 1.45. The van der Waals surface area contributed by atoms with E-state index in [4.69, 9.17) is 14.6 Å². The van der Waals surface area contributed by atoms with Crippen molar-refractivity contribution in [2.75, 3.05) is 20.2 Å². The van der Waals surface area contributed by atoms with Gasteiger partial charge in [-0.15, -0.1) is 0 Å². The van der Waals surface area contributed by atoms with Crippen LogP contribution < -0.4 is 9.47 Å². The number of hydrogen-bond donors (Lipinski definition) is 0. The Morgan fingerprint density at radius 3 is 2.73 bits per heavy atom. The van der Waals surface area contributed by atoms with Crippen molar-refractivity contribution in [3.05, 3.63) is 87.3 Å². The maximum absolute atomic E-state index is 14.0. The van der Waals surface area contributed by atoms with E-state index in [1.54, 1.807) is 25.4 Å². The maximum Gasteiger partial charge on any atom is 0.219 e. The third-order valence-corrected chi connectivity index (χ3v) is 8.67. The van der Waals surface area contributed by atoms with Crippen molar-refractivity contribution in [2.45, 2.75) is 46.1 Å². The predicted molar refractivity (Wildman–Crippen MR) is 162 cm³/mol. The molecule has 0 saturated heterocycles. The molecular formula is C33H33N3O4S. The molecular weight excluding hydrogens is 534 g/mol. The monoisotopic (exact) mass is 567 g/mol. The largest absolute Gasteiger partial charge is 0.496 e. The summed E-state index contributed by atoms with van der Waals surface area (Å²) in [6, 6.07) is 6.06. The Balaban J connectivity index is 1.45. The van der Waals surface area contributed by atoms with E-state index in [1.165, 1.54) is 5.57 Å². The van der Waals surface area contributed by atoms with Gasteiger partial charge in [0.1, 0.15) is 23.8 Å². The van der Waals surface area contributed by atoms with Gasteiger partial charge >= 0.3 is 0 Å². The van der Waals surface area contributed by atoms with Gasteiger partial charge in [0.15, 0.2) is 0 Å². The smallest absolute Gasteiger partial charge is 0.219 e. The van der Waals surface area contributed by atoms with Gasteiger partial charge < -0.3 is 14.4 Å². The Kier molecular flexibility index (Phi) is 7.49. The molecule has 2 aliphatic heterocycles. The minimum absolute atomic E-state index is 0.0657. The van der Waals surface area contributed by atoms with Gasteiger partial charge in [-0.1, -0.05) is 30.4 Å². The lowest BCUT2D eigenvalue weighted by Gasteiger charge is -2.23. The van der Waals surface area contributed by atoms with Crippen molar-refractivity contribution in [3.8, 4) is 28.4 Å². The van der Waals surface area contributed by atoms with Crippen molar-refractivity contribution in [1.82, 2.24) is 14.7 Å². The number of Topliss-reactive ketones (excluding diaryl/α,β-unsaturated/α-hetero) is 1. The fraction of sp³-hybridized carbons (Fsp3) is 0.303. The first-order chi connectivity index (χ1) is 20.0. The minimum Gasteiger partial charge on any atom is -0.496 e. The lowest BCUT2D eigenvalue weighted by molar-refractivity contribution is -0.128. The summed E-state index contributed by atoms with van der Waals surface area (Å²) in [6.45, 7) is 5.17. The Morgan fingerprint density at radius 2 is 2.02 bits per heavy atom. The van der Waals surface area contributed by atoms with Crippen LogP contribution in [0.1, 0.15) is 61.1 Å². The molecule has 7 nitrogen and oxygen atoms in total. The molecule has 6 rings (SSSR count). The minimum atomic E-state index is -0.0657. The molecule has 4 heterocycles. The van der Waals surface area contributed by atoms with Crippen molar-refractivity contribution in [2.24, 2.45) is 0 Å². The fourth-order valence-electron chi connectivity index (χ4n) is 5.74. The molecule has 1 amide bonds. The number of allylic oxidation sites excluding steroid dienone is 7. The van der Waals surface area contributed by atoms with Crippen LogP contribution >= 0.6 is 11.3 Å². The molecule has 1 aromatic carbocycles. The number of benzene rings is 1. The highest BCUT2D eigenvalue weighted by atomic mass is 32.1. The van der Waals surface area contributed by atoms with Gasteiger partial charge in [-0.05, 0) is 66.8 Å². The van der Waals surface area contributed by atoms with E-state index in [2.05, 4.69) is 37.3 Å². The van der Waals surface area contributed by atoms with E-state index in [0.717, 1.165) is 57.8 Å². The highest BCUT2D eigenvalue weighted by molar-refractivity contribution is 7.08. The van der Waals surface area contributed by atoms with Crippen LogP contribution in [0.2, 0.25) is 0 Å². The van der Waals surface area contributed by atoms with Crippen LogP contribution in [0.5, 0.6) is 11.5 Å². The maximum atomic E-state index is 14.0. The molecule has 3 aromatic rings. The van der Waals surface area contributed by atoms with Crippen LogP contribution in [0.15, 0.2) is 70.5 Å². The van der Waals surface area contributed by atoms with Gasteiger partial charge in [-0.2, -0.15) is 16.4 Å². The molecule has 0 fully saturated rings. The number of ketones is 1. The lowest BCUT2D eigenvalue weighted by atomic mass is 9.91. The van der Waals surface area contributed by atoms with E-state index >= 15 is 0 Å². The zero-order valence-electron chi connectivity index (χ0n) is 23.6. The molecule has 0 saturated carbocycles. The van der Waals surface area contributed by atoms with Crippen LogP contribution in [0.3, 0.4) is 0 Å². The lowest BCUT2D eigenvalue weighted by Crippen LogP contribution is -2.31. The molecule has 1 aliphatic carbocycles. The molecule has 0 unspecified atom stereocenters.